The summed E-state index contributed by atoms with van der Waals surface area (Å²) in [4.78, 5) is 76.5. The molecule has 422 valence electrons. The number of aliphatic hydroxyl groups excluding tert-OH is 1. The first-order valence-electron chi connectivity index (χ1n) is 29.5. The highest BCUT2D eigenvalue weighted by Crippen LogP contribution is 2.25. The number of hydrogen-bond donors (Lipinski definition) is 1. The zero-order valence-corrected chi connectivity index (χ0v) is 47.0. The van der Waals surface area contributed by atoms with Crippen LogP contribution in [-0.4, -0.2) is 87.2 Å². The quantitative estimate of drug-likeness (QED) is 0.0346. The Kier molecular flexibility index (Phi) is 46.5. The molecule has 0 aliphatic rings. The van der Waals surface area contributed by atoms with Gasteiger partial charge >= 0.3 is 35.8 Å². The molecule has 0 saturated carbocycles. The summed E-state index contributed by atoms with van der Waals surface area (Å²) in [7, 11) is 0. The molecule has 1 N–H and O–H groups in total. The van der Waals surface area contributed by atoms with Gasteiger partial charge in [-0.25, -0.2) is 0 Å². The van der Waals surface area contributed by atoms with Crippen molar-refractivity contribution >= 4 is 35.8 Å². The van der Waals surface area contributed by atoms with E-state index in [1.165, 1.54) is 116 Å². The molecular formula is C59H108O13. The van der Waals surface area contributed by atoms with E-state index in [4.69, 9.17) is 28.4 Å². The van der Waals surface area contributed by atoms with E-state index in [-0.39, 0.29) is 75.7 Å². The number of hydrogen-bond acceptors (Lipinski definition) is 13. The van der Waals surface area contributed by atoms with Gasteiger partial charge in [-0.05, 0) is 56.3 Å². The minimum Gasteiger partial charge on any atom is -0.466 e. The summed E-state index contributed by atoms with van der Waals surface area (Å²) in [5.41, 5.74) is -1.49. The van der Waals surface area contributed by atoms with Crippen molar-refractivity contribution in [2.24, 2.45) is 23.2 Å². The lowest BCUT2D eigenvalue weighted by atomic mass is 9.92. The Morgan fingerprint density at radius 1 is 0.306 bits per heavy atom. The van der Waals surface area contributed by atoms with E-state index < -0.39 is 49.8 Å². The van der Waals surface area contributed by atoms with Gasteiger partial charge in [0, 0.05) is 38.5 Å². The predicted octanol–water partition coefficient (Wildman–Crippen LogP) is 14.2. The predicted molar refractivity (Wildman–Crippen MR) is 286 cm³/mol. The van der Waals surface area contributed by atoms with Crippen LogP contribution in [0.5, 0.6) is 0 Å². The fourth-order valence-corrected chi connectivity index (χ4v) is 8.94. The van der Waals surface area contributed by atoms with E-state index >= 15 is 0 Å². The molecule has 0 saturated heterocycles. The second-order valence-corrected chi connectivity index (χ2v) is 20.8. The number of rotatable bonds is 52. The number of ether oxygens (including phenoxy) is 6. The fourth-order valence-electron chi connectivity index (χ4n) is 8.94. The van der Waals surface area contributed by atoms with Gasteiger partial charge in [-0.3, -0.25) is 28.8 Å². The van der Waals surface area contributed by atoms with E-state index in [9.17, 15) is 33.9 Å². The maximum absolute atomic E-state index is 12.9. The van der Waals surface area contributed by atoms with Crippen molar-refractivity contribution in [1.82, 2.24) is 0 Å². The largest absolute Gasteiger partial charge is 0.466 e. The Morgan fingerprint density at radius 3 is 0.708 bits per heavy atom. The first kappa shape index (κ1) is 68.8. The number of aliphatic hydroxyl groups is 1. The van der Waals surface area contributed by atoms with E-state index in [0.29, 0.717) is 37.6 Å². The summed E-state index contributed by atoms with van der Waals surface area (Å²) >= 11 is 0. The van der Waals surface area contributed by atoms with Gasteiger partial charge in [0.1, 0.15) is 19.8 Å². The molecule has 0 rings (SSSR count). The van der Waals surface area contributed by atoms with Gasteiger partial charge < -0.3 is 33.5 Å². The molecule has 13 nitrogen and oxygen atoms in total. The third-order valence-corrected chi connectivity index (χ3v) is 13.9. The van der Waals surface area contributed by atoms with Crippen LogP contribution in [0.15, 0.2) is 0 Å². The number of carbonyl (C=O) groups excluding carboxylic acids is 6. The molecule has 72 heavy (non-hydrogen) atoms. The van der Waals surface area contributed by atoms with Crippen molar-refractivity contribution in [3.05, 3.63) is 0 Å². The molecule has 0 aromatic heterocycles. The maximum atomic E-state index is 12.9. The summed E-state index contributed by atoms with van der Waals surface area (Å²) in [6, 6.07) is 0. The lowest BCUT2D eigenvalue weighted by molar-refractivity contribution is -0.165. The first-order valence-corrected chi connectivity index (χ1v) is 29.5. The Balaban J connectivity index is 5.30. The van der Waals surface area contributed by atoms with E-state index in [1.54, 1.807) is 0 Å². The lowest BCUT2D eigenvalue weighted by Crippen LogP contribution is -2.42. The van der Waals surface area contributed by atoms with Gasteiger partial charge in [-0.15, -0.1) is 0 Å². The van der Waals surface area contributed by atoms with Crippen molar-refractivity contribution in [1.29, 1.82) is 0 Å². The molecular weight excluding hydrogens is 917 g/mol. The first-order chi connectivity index (χ1) is 34.9. The summed E-state index contributed by atoms with van der Waals surface area (Å²) in [6.45, 7) is 12.3. The lowest BCUT2D eigenvalue weighted by Gasteiger charge is -2.30. The SMILES string of the molecule is CCCCCC(CCCCC)CCOC(=O)CCCC(=O)OCC(CO)(COC(=O)CCCC(=O)OCCC(CCCCC)CCCCC)COC(=O)CCCC(=O)OCCC(CCCCC)CCCCC. The molecule has 13 heteroatoms. The highest BCUT2D eigenvalue weighted by molar-refractivity contribution is 5.74. The number of carbonyl (C=O) groups is 6. The molecule has 0 aliphatic carbocycles. The van der Waals surface area contributed by atoms with Crippen LogP contribution in [-0.2, 0) is 57.2 Å². The van der Waals surface area contributed by atoms with Gasteiger partial charge in [0.25, 0.3) is 0 Å². The molecule has 0 amide bonds. The van der Waals surface area contributed by atoms with Crippen molar-refractivity contribution in [2.75, 3.05) is 46.2 Å². The number of esters is 6. The third-order valence-electron chi connectivity index (χ3n) is 13.9. The zero-order valence-electron chi connectivity index (χ0n) is 47.0. The molecule has 0 aromatic carbocycles. The number of unbranched alkanes of at least 4 members (excludes halogenated alkanes) is 12. The molecule has 0 heterocycles. The van der Waals surface area contributed by atoms with Gasteiger partial charge in [-0.2, -0.15) is 0 Å². The Labute approximate surface area is 438 Å². The molecule has 0 aliphatic heterocycles. The van der Waals surface area contributed by atoms with Gasteiger partial charge in [0.05, 0.1) is 31.8 Å². The molecule has 0 spiro atoms. The average molecular weight is 1030 g/mol. The van der Waals surface area contributed by atoms with Gasteiger partial charge in [-0.1, -0.05) is 196 Å². The van der Waals surface area contributed by atoms with Crippen LogP contribution in [0, 0.1) is 23.2 Å². The normalized spacial score (nSPS) is 11.6. The van der Waals surface area contributed by atoms with Crippen LogP contribution in [0.1, 0.15) is 273 Å². The molecule has 0 atom stereocenters. The van der Waals surface area contributed by atoms with Crippen LogP contribution in [0.3, 0.4) is 0 Å². The maximum Gasteiger partial charge on any atom is 0.305 e. The molecule has 0 radical (unpaired) electrons. The molecule has 0 aromatic rings. The zero-order chi connectivity index (χ0) is 53.3. The topological polar surface area (TPSA) is 178 Å². The van der Waals surface area contributed by atoms with Gasteiger partial charge in [0.15, 0.2) is 0 Å². The monoisotopic (exact) mass is 1020 g/mol. The minimum atomic E-state index is -1.49. The molecule has 0 bridgehead atoms. The Hall–Kier alpha value is -3.22. The fraction of sp³-hybridized carbons (Fsp3) is 0.898. The third kappa shape index (κ3) is 41.2. The van der Waals surface area contributed by atoms with Crippen LogP contribution in [0.25, 0.3) is 0 Å². The van der Waals surface area contributed by atoms with Crippen molar-refractivity contribution in [3.63, 3.8) is 0 Å². The van der Waals surface area contributed by atoms with Gasteiger partial charge in [0.2, 0.25) is 0 Å². The van der Waals surface area contributed by atoms with Crippen molar-refractivity contribution in [2.45, 2.75) is 273 Å². The second kappa shape index (κ2) is 48.7. The van der Waals surface area contributed by atoms with Crippen LogP contribution in [0.4, 0.5) is 0 Å². The van der Waals surface area contributed by atoms with Crippen molar-refractivity contribution in [3.8, 4) is 0 Å². The molecule has 0 fully saturated rings. The Bertz CT molecular complexity index is 1170. The van der Waals surface area contributed by atoms with E-state index in [1.807, 2.05) is 0 Å². The second-order valence-electron chi connectivity index (χ2n) is 20.8. The molecule has 0 unspecified atom stereocenters. The summed E-state index contributed by atoms with van der Waals surface area (Å²) in [5, 5.41) is 10.6. The summed E-state index contributed by atoms with van der Waals surface area (Å²) in [5.74, 6) is -1.43. The summed E-state index contributed by atoms with van der Waals surface area (Å²) in [6.07, 6.45) is 31.1. The van der Waals surface area contributed by atoms with Crippen molar-refractivity contribution < 1.29 is 62.3 Å². The minimum absolute atomic E-state index is 0.0458. The summed E-state index contributed by atoms with van der Waals surface area (Å²) < 4.78 is 33.2. The van der Waals surface area contributed by atoms with E-state index in [0.717, 1.165) is 57.8 Å². The van der Waals surface area contributed by atoms with Crippen LogP contribution in [0.2, 0.25) is 0 Å². The average Bonchev–Trinajstić information content (AvgIpc) is 3.36. The van der Waals surface area contributed by atoms with Crippen LogP contribution >= 0.6 is 0 Å². The Morgan fingerprint density at radius 2 is 0.514 bits per heavy atom. The smallest absolute Gasteiger partial charge is 0.305 e. The van der Waals surface area contributed by atoms with Crippen LogP contribution < -0.4 is 0 Å². The standard InChI is InChI=1S/C59H108O13/c1-7-13-19-28-50(29-20-14-8-2)40-43-67-53(61)34-25-37-56(64)70-47-59(46-60,48-71-57(65)38-26-35-54(62)68-44-41-51(30-21-15-9-3)31-22-16-10-4)49-72-58(66)39-27-36-55(63)69-45-42-52(32-23-17-11-5)33-24-18-12-6/h50-52,60H,7-49H2,1-6H3. The highest BCUT2D eigenvalue weighted by atomic mass is 16.6. The van der Waals surface area contributed by atoms with E-state index in [2.05, 4.69) is 41.5 Å². The highest BCUT2D eigenvalue weighted by Gasteiger charge is 2.36.